The van der Waals surface area contributed by atoms with Gasteiger partial charge in [-0.15, -0.1) is 0 Å². The Labute approximate surface area is 694 Å². The van der Waals surface area contributed by atoms with E-state index in [0.29, 0.717) is 22.5 Å². The fraction of sp³-hybridized carbons (Fsp3) is 0. The molecule has 0 N–H and O–H groups in total. The summed E-state index contributed by atoms with van der Waals surface area (Å²) in [4.78, 5) is 20.3. The molecule has 0 atom stereocenters. The largest absolute Gasteiger partial charge is 0.456 e. The fourth-order valence-electron chi connectivity index (χ4n) is 17.2. The van der Waals surface area contributed by atoms with E-state index in [4.69, 9.17) is 22.0 Å². The van der Waals surface area contributed by atoms with Crippen LogP contribution in [0.1, 0.15) is 11.1 Å². The van der Waals surface area contributed by atoms with E-state index in [1.165, 1.54) is 66.1 Å². The molecule has 12 nitrogen and oxygen atoms in total. The Morgan fingerprint density at radius 2 is 0.554 bits per heavy atom. The van der Waals surface area contributed by atoms with Crippen LogP contribution in [-0.4, -0.2) is 28.7 Å². The fourth-order valence-corrected chi connectivity index (χ4v) is 17.2. The molecule has 8 aromatic heterocycles. The SMILES string of the molecule is [C-]#[N+]c1ccc2c(c1)c1ccccc1n2-c1cc(C#N)cc(-c2cc(-c3cccnc3)cc(-c3cccnc3)c2)c1.[C-]#[N+]c1ccc2oc3ccc(-c4cc(-c5cccnc5)cc(-c5ccc6oc7ccc(C#N)cc7c6c5)c4)cc3c2c1.c1cc(-c2cccc(-n3c4ccccc4c4ccccc43)c2)cc(-n2c3ccccc3c3ccccc32)c1. The second kappa shape index (κ2) is 30.2. The molecule has 0 saturated carbocycles. The number of aromatic nitrogens is 6. The van der Waals surface area contributed by atoms with Crippen molar-refractivity contribution >= 4 is 121 Å². The molecule has 562 valence electrons. The van der Waals surface area contributed by atoms with Crippen LogP contribution in [0.15, 0.2) is 398 Å². The Hall–Kier alpha value is -17.3. The van der Waals surface area contributed by atoms with E-state index in [1.54, 1.807) is 30.7 Å². The van der Waals surface area contributed by atoms with E-state index in [-0.39, 0.29) is 0 Å². The van der Waals surface area contributed by atoms with Gasteiger partial charge in [-0.1, -0.05) is 158 Å². The number of fused-ring (bicyclic) bond motifs is 15. The first-order valence-corrected chi connectivity index (χ1v) is 39.6. The molecule has 0 amide bonds. The molecule has 0 saturated heterocycles. The van der Waals surface area contributed by atoms with Crippen LogP contribution in [-0.2, 0) is 0 Å². The first-order valence-electron chi connectivity index (χ1n) is 39.6. The van der Waals surface area contributed by atoms with Gasteiger partial charge in [0.25, 0.3) is 0 Å². The third kappa shape index (κ3) is 13.0. The Morgan fingerprint density at radius 1 is 0.231 bits per heavy atom. The minimum absolute atomic E-state index is 0.566. The molecule has 0 radical (unpaired) electrons. The molecule has 0 aliphatic heterocycles. The summed E-state index contributed by atoms with van der Waals surface area (Å²) in [6.07, 6.45) is 10.9. The van der Waals surface area contributed by atoms with E-state index >= 15 is 0 Å². The van der Waals surface area contributed by atoms with Gasteiger partial charge in [0.05, 0.1) is 69.5 Å². The molecule has 121 heavy (non-hydrogen) atoms. The summed E-state index contributed by atoms with van der Waals surface area (Å²) >= 11 is 0. The zero-order valence-electron chi connectivity index (χ0n) is 64.7. The normalized spacial score (nSPS) is 11.3. The van der Waals surface area contributed by atoms with Gasteiger partial charge in [0.2, 0.25) is 0 Å². The Balaban J connectivity index is 0.000000112. The topological polar surface area (TPSA) is 136 Å². The summed E-state index contributed by atoms with van der Waals surface area (Å²) in [7, 11) is 0. The lowest BCUT2D eigenvalue weighted by Crippen LogP contribution is -1.96. The summed E-state index contributed by atoms with van der Waals surface area (Å²) in [5, 5.41) is 30.5. The molecule has 8 heterocycles. The number of benzene rings is 15. The van der Waals surface area contributed by atoms with Crippen LogP contribution in [0.25, 0.3) is 214 Å². The van der Waals surface area contributed by atoms with Crippen molar-refractivity contribution in [3.63, 3.8) is 0 Å². The monoisotopic (exact) mass is 1540 g/mol. The lowest BCUT2D eigenvalue weighted by Gasteiger charge is -2.14. The number of nitriles is 2. The zero-order chi connectivity index (χ0) is 81.0. The van der Waals surface area contributed by atoms with Crippen molar-refractivity contribution in [2.75, 3.05) is 0 Å². The van der Waals surface area contributed by atoms with E-state index < -0.39 is 0 Å². The van der Waals surface area contributed by atoms with Gasteiger partial charge in [0.15, 0.2) is 11.4 Å². The van der Waals surface area contributed by atoms with Crippen LogP contribution in [0.4, 0.5) is 11.4 Å². The number of rotatable bonds is 10. The average Bonchev–Trinajstić information content (AvgIpc) is 1.61. The first kappa shape index (κ1) is 71.5. The van der Waals surface area contributed by atoms with Crippen molar-refractivity contribution in [3.05, 3.63) is 423 Å². The Kier molecular flexibility index (Phi) is 17.8. The molecular weight excluding hydrogens is 1480 g/mol. The van der Waals surface area contributed by atoms with Crippen LogP contribution in [0, 0.1) is 35.8 Å². The van der Waals surface area contributed by atoms with Crippen LogP contribution < -0.4 is 0 Å². The Morgan fingerprint density at radius 3 is 0.975 bits per heavy atom. The molecule has 0 unspecified atom stereocenters. The minimum atomic E-state index is 0.566. The molecule has 12 heteroatoms. The van der Waals surface area contributed by atoms with Gasteiger partial charge in [0.1, 0.15) is 22.3 Å². The number of nitrogens with zero attached hydrogens (tertiary/aromatic N) is 10. The Bertz CT molecular complexity index is 7820. The molecule has 0 aliphatic carbocycles. The molecule has 15 aromatic carbocycles. The lowest BCUT2D eigenvalue weighted by atomic mass is 9.92. The predicted molar refractivity (Wildman–Crippen MR) is 490 cm³/mol. The van der Waals surface area contributed by atoms with Gasteiger partial charge in [-0.2, -0.15) is 10.5 Å². The van der Waals surface area contributed by atoms with Crippen molar-refractivity contribution < 1.29 is 8.83 Å². The molecule has 0 bridgehead atoms. The van der Waals surface area contributed by atoms with Gasteiger partial charge in [-0.25, -0.2) is 9.69 Å². The summed E-state index contributed by atoms with van der Waals surface area (Å²) in [5.74, 6) is 0. The van der Waals surface area contributed by atoms with Crippen molar-refractivity contribution in [2.45, 2.75) is 0 Å². The average molecular weight is 1550 g/mol. The third-order valence-corrected chi connectivity index (χ3v) is 22.8. The molecule has 0 fully saturated rings. The van der Waals surface area contributed by atoms with E-state index in [0.717, 1.165) is 138 Å². The highest BCUT2D eigenvalue weighted by Crippen LogP contribution is 2.44. The number of pyridine rings is 3. The molecule has 23 aromatic rings. The van der Waals surface area contributed by atoms with Crippen LogP contribution in [0.5, 0.6) is 0 Å². The number of furan rings is 2. The van der Waals surface area contributed by atoms with Crippen LogP contribution >= 0.6 is 0 Å². The van der Waals surface area contributed by atoms with Crippen LogP contribution in [0.3, 0.4) is 0 Å². The maximum Gasteiger partial charge on any atom is 0.188 e. The van der Waals surface area contributed by atoms with Crippen molar-refractivity contribution in [1.82, 2.24) is 28.7 Å². The molecule has 0 aliphatic rings. The highest BCUT2D eigenvalue weighted by atomic mass is 16.3. The number of hydrogen-bond acceptors (Lipinski definition) is 7. The van der Waals surface area contributed by atoms with Gasteiger partial charge >= 0.3 is 0 Å². The summed E-state index contributed by atoms with van der Waals surface area (Å²) in [6.45, 7) is 14.9. The van der Waals surface area contributed by atoms with Gasteiger partial charge in [0, 0.05) is 119 Å². The van der Waals surface area contributed by atoms with Gasteiger partial charge < -0.3 is 22.5 Å². The zero-order valence-corrected chi connectivity index (χ0v) is 64.7. The van der Waals surface area contributed by atoms with Crippen LogP contribution in [0.2, 0.25) is 0 Å². The first-order chi connectivity index (χ1) is 59.7. The maximum atomic E-state index is 10.1. The highest BCUT2D eigenvalue weighted by Gasteiger charge is 2.21. The van der Waals surface area contributed by atoms with E-state index in [2.05, 4.69) is 281 Å². The minimum Gasteiger partial charge on any atom is -0.456 e. The quantitative estimate of drug-likeness (QED) is 0.124. The van der Waals surface area contributed by atoms with Crippen molar-refractivity contribution in [3.8, 4) is 107 Å². The summed E-state index contributed by atoms with van der Waals surface area (Å²) < 4.78 is 19.1. The third-order valence-electron chi connectivity index (χ3n) is 22.8. The summed E-state index contributed by atoms with van der Waals surface area (Å²) in [5.41, 5.74) is 30.2. The lowest BCUT2D eigenvalue weighted by molar-refractivity contribution is 0.668. The number of para-hydroxylation sites is 5. The van der Waals surface area contributed by atoms with E-state index in [9.17, 15) is 10.5 Å². The maximum absolute atomic E-state index is 10.1. The van der Waals surface area contributed by atoms with Crippen molar-refractivity contribution in [1.29, 1.82) is 10.5 Å². The smallest absolute Gasteiger partial charge is 0.188 e. The van der Waals surface area contributed by atoms with Gasteiger partial charge in [-0.05, 0) is 261 Å². The highest BCUT2D eigenvalue weighted by molar-refractivity contribution is 6.13. The second-order valence-electron chi connectivity index (χ2n) is 30.0. The van der Waals surface area contributed by atoms with E-state index in [1.807, 2.05) is 128 Å². The molecule has 23 rings (SSSR count). The van der Waals surface area contributed by atoms with Gasteiger partial charge in [-0.3, -0.25) is 15.0 Å². The molecular formula is C109H64N10O2. The number of hydrogen-bond donors (Lipinski definition) is 0. The second-order valence-corrected chi connectivity index (χ2v) is 30.0. The standard InChI is InChI=1S/C37H19N3O2.C36H21N5.C36H24N2/c1-39-29-7-11-37-33(19-29)32-18-24(6-10-36(32)42-37)27-14-26(15-28(16-27)25-3-2-12-40-21-25)23-5-9-35-31(17-23)30-13-22(20-38)4-8-34(30)41-35;1-38-31-10-11-36-34(20-31)33-8-2-3-9-35(33)41(36)32-15-24(21-37)14-27(19-32)30-17-28(25-6-4-12-39-22-25)16-29(18-30)26-7-5-13-40-23-26;1-5-19-33-29(15-1)30-16-2-6-20-34(30)37(33)27-13-9-11-25(23-27)26-12-10-14-28(24-26)38-35-21-7-3-17-31(35)32-18-4-8-22-36(32)38/h2-19,21H;2-20,22-23H;1-24H. The molecule has 0 spiro atoms. The summed E-state index contributed by atoms with van der Waals surface area (Å²) in [6, 6.07) is 125. The predicted octanol–water partition coefficient (Wildman–Crippen LogP) is 28.8. The van der Waals surface area contributed by atoms with Crippen molar-refractivity contribution in [2.24, 2.45) is 0 Å².